The second kappa shape index (κ2) is 7.45. The van der Waals surface area contributed by atoms with Gasteiger partial charge in [-0.15, -0.1) is 5.10 Å². The predicted molar refractivity (Wildman–Crippen MR) is 75.3 cm³/mol. The van der Waals surface area contributed by atoms with Crippen LogP contribution in [-0.4, -0.2) is 53.6 Å². The van der Waals surface area contributed by atoms with Gasteiger partial charge in [0.15, 0.2) is 0 Å². The molecular formula is C13H25N5O. The number of unbranched alkanes of at least 4 members (excludes halogenated alkanes) is 1. The van der Waals surface area contributed by atoms with E-state index in [0.29, 0.717) is 5.92 Å². The number of aliphatic hydroxyl groups is 1. The fourth-order valence-electron chi connectivity index (χ4n) is 2.64. The monoisotopic (exact) mass is 267 g/mol. The number of nitrogens with zero attached hydrogens (tertiary/aromatic N) is 3. The van der Waals surface area contributed by atoms with Crippen LogP contribution in [0.25, 0.3) is 0 Å². The standard InChI is InChI=1S/C13H25N5O/c1-14-9-11-5-4-7-18(10-11)13-15-12(16-17-13)6-2-3-8-19/h11,14,19H,2-10H2,1H3,(H,15,16,17). The van der Waals surface area contributed by atoms with E-state index in [1.807, 2.05) is 7.05 Å². The highest BCUT2D eigenvalue weighted by atomic mass is 16.2. The SMILES string of the molecule is CNCC1CCCN(c2n[nH]c(CCCCO)n2)C1. The van der Waals surface area contributed by atoms with Gasteiger partial charge in [-0.25, -0.2) is 0 Å². The van der Waals surface area contributed by atoms with E-state index in [2.05, 4.69) is 25.4 Å². The maximum Gasteiger partial charge on any atom is 0.244 e. The Morgan fingerprint density at radius 1 is 1.47 bits per heavy atom. The number of rotatable bonds is 7. The first kappa shape index (κ1) is 14.3. The average Bonchev–Trinajstić information content (AvgIpc) is 2.89. The molecule has 0 amide bonds. The number of nitrogens with one attached hydrogen (secondary N) is 2. The Hall–Kier alpha value is -1.14. The van der Waals surface area contributed by atoms with Gasteiger partial charge in [0, 0.05) is 26.1 Å². The Labute approximate surface area is 114 Å². The highest BCUT2D eigenvalue weighted by Crippen LogP contribution is 2.20. The smallest absolute Gasteiger partial charge is 0.244 e. The molecule has 0 spiro atoms. The van der Waals surface area contributed by atoms with Gasteiger partial charge in [0.25, 0.3) is 0 Å². The molecule has 1 atom stereocenters. The summed E-state index contributed by atoms with van der Waals surface area (Å²) in [6, 6.07) is 0. The van der Waals surface area contributed by atoms with Crippen LogP contribution in [-0.2, 0) is 6.42 Å². The van der Waals surface area contributed by atoms with Gasteiger partial charge in [-0.3, -0.25) is 5.10 Å². The van der Waals surface area contributed by atoms with E-state index in [4.69, 9.17) is 5.11 Å². The van der Waals surface area contributed by atoms with Crippen LogP contribution in [0.3, 0.4) is 0 Å². The third-order valence-electron chi connectivity index (χ3n) is 3.64. The summed E-state index contributed by atoms with van der Waals surface area (Å²) in [5.74, 6) is 2.45. The predicted octanol–water partition coefficient (Wildman–Crippen LogP) is 0.555. The van der Waals surface area contributed by atoms with E-state index in [1.54, 1.807) is 0 Å². The van der Waals surface area contributed by atoms with Crippen LogP contribution in [0.5, 0.6) is 0 Å². The summed E-state index contributed by atoms with van der Waals surface area (Å²) in [6.07, 6.45) is 5.13. The zero-order chi connectivity index (χ0) is 13.5. The molecule has 1 aromatic rings. The maximum absolute atomic E-state index is 8.77. The van der Waals surface area contributed by atoms with Crippen LogP contribution >= 0.6 is 0 Å². The lowest BCUT2D eigenvalue weighted by atomic mass is 9.98. The number of aromatic nitrogens is 3. The molecule has 1 saturated heterocycles. The molecule has 0 aliphatic carbocycles. The molecule has 19 heavy (non-hydrogen) atoms. The van der Waals surface area contributed by atoms with Crippen molar-refractivity contribution in [2.75, 3.05) is 38.2 Å². The maximum atomic E-state index is 8.77. The summed E-state index contributed by atoms with van der Waals surface area (Å²) in [7, 11) is 2.00. The molecule has 1 aliphatic rings. The third kappa shape index (κ3) is 4.18. The first-order valence-electron chi connectivity index (χ1n) is 7.25. The van der Waals surface area contributed by atoms with Crippen LogP contribution in [0.15, 0.2) is 0 Å². The molecule has 1 fully saturated rings. The van der Waals surface area contributed by atoms with Crippen LogP contribution < -0.4 is 10.2 Å². The molecule has 0 aromatic carbocycles. The molecule has 2 rings (SSSR count). The minimum atomic E-state index is 0.249. The van der Waals surface area contributed by atoms with Gasteiger partial charge in [-0.05, 0) is 45.2 Å². The molecule has 0 saturated carbocycles. The normalized spacial score (nSPS) is 19.9. The van der Waals surface area contributed by atoms with Gasteiger partial charge < -0.3 is 15.3 Å². The Balaban J connectivity index is 1.86. The van der Waals surface area contributed by atoms with Crippen LogP contribution in [0.2, 0.25) is 0 Å². The fourth-order valence-corrected chi connectivity index (χ4v) is 2.64. The first-order valence-corrected chi connectivity index (χ1v) is 7.25. The summed E-state index contributed by atoms with van der Waals surface area (Å²) < 4.78 is 0. The van der Waals surface area contributed by atoms with E-state index in [1.165, 1.54) is 12.8 Å². The highest BCUT2D eigenvalue weighted by molar-refractivity contribution is 5.29. The van der Waals surface area contributed by atoms with Crippen molar-refractivity contribution in [3.05, 3.63) is 5.82 Å². The Kier molecular flexibility index (Phi) is 5.60. The average molecular weight is 267 g/mol. The summed E-state index contributed by atoms with van der Waals surface area (Å²) in [6.45, 7) is 3.39. The van der Waals surface area contributed by atoms with Crippen LogP contribution in [0.4, 0.5) is 5.95 Å². The minimum Gasteiger partial charge on any atom is -0.396 e. The van der Waals surface area contributed by atoms with E-state index >= 15 is 0 Å². The molecule has 6 heteroatoms. The Morgan fingerprint density at radius 3 is 3.16 bits per heavy atom. The molecule has 3 N–H and O–H groups in total. The molecule has 1 aliphatic heterocycles. The largest absolute Gasteiger partial charge is 0.396 e. The van der Waals surface area contributed by atoms with Crippen molar-refractivity contribution in [2.24, 2.45) is 5.92 Å². The number of aromatic amines is 1. The summed E-state index contributed by atoms with van der Waals surface area (Å²) in [5, 5.41) is 19.4. The highest BCUT2D eigenvalue weighted by Gasteiger charge is 2.22. The third-order valence-corrected chi connectivity index (χ3v) is 3.64. The van der Waals surface area contributed by atoms with Gasteiger partial charge in [-0.2, -0.15) is 4.98 Å². The zero-order valence-electron chi connectivity index (χ0n) is 11.7. The lowest BCUT2D eigenvalue weighted by molar-refractivity contribution is 0.284. The molecular weight excluding hydrogens is 242 g/mol. The molecule has 108 valence electrons. The van der Waals surface area contributed by atoms with Gasteiger partial charge in [0.1, 0.15) is 5.82 Å². The van der Waals surface area contributed by atoms with Crippen molar-refractivity contribution in [1.29, 1.82) is 0 Å². The summed E-state index contributed by atoms with van der Waals surface area (Å²) in [5.41, 5.74) is 0. The van der Waals surface area contributed by atoms with Gasteiger partial charge in [-0.1, -0.05) is 0 Å². The second-order valence-electron chi connectivity index (χ2n) is 5.27. The van der Waals surface area contributed by atoms with Crippen molar-refractivity contribution in [3.63, 3.8) is 0 Å². The molecule has 1 aromatic heterocycles. The quantitative estimate of drug-likeness (QED) is 0.629. The van der Waals surface area contributed by atoms with Gasteiger partial charge in [0.05, 0.1) is 0 Å². The number of aliphatic hydroxyl groups excluding tert-OH is 1. The van der Waals surface area contributed by atoms with Gasteiger partial charge in [0.2, 0.25) is 5.95 Å². The number of hydrogen-bond donors (Lipinski definition) is 3. The van der Waals surface area contributed by atoms with Crippen molar-refractivity contribution in [1.82, 2.24) is 20.5 Å². The van der Waals surface area contributed by atoms with E-state index in [-0.39, 0.29) is 6.61 Å². The van der Waals surface area contributed by atoms with Crippen molar-refractivity contribution in [3.8, 4) is 0 Å². The molecule has 6 nitrogen and oxygen atoms in total. The van der Waals surface area contributed by atoms with Crippen LogP contribution in [0.1, 0.15) is 31.5 Å². The number of H-pyrrole nitrogens is 1. The molecule has 1 unspecified atom stereocenters. The van der Waals surface area contributed by atoms with Crippen molar-refractivity contribution >= 4 is 5.95 Å². The first-order chi connectivity index (χ1) is 9.33. The lowest BCUT2D eigenvalue weighted by Crippen LogP contribution is -2.39. The zero-order valence-corrected chi connectivity index (χ0v) is 11.7. The molecule has 0 bridgehead atoms. The van der Waals surface area contributed by atoms with Crippen LogP contribution in [0, 0.1) is 5.92 Å². The van der Waals surface area contributed by atoms with E-state index in [9.17, 15) is 0 Å². The number of aryl methyl sites for hydroxylation is 1. The fraction of sp³-hybridized carbons (Fsp3) is 0.846. The summed E-state index contributed by atoms with van der Waals surface area (Å²) >= 11 is 0. The number of hydrogen-bond acceptors (Lipinski definition) is 5. The summed E-state index contributed by atoms with van der Waals surface area (Å²) in [4.78, 5) is 6.83. The number of piperidine rings is 1. The Morgan fingerprint density at radius 2 is 2.37 bits per heavy atom. The minimum absolute atomic E-state index is 0.249. The van der Waals surface area contributed by atoms with Crippen molar-refractivity contribution < 1.29 is 5.11 Å². The molecule has 0 radical (unpaired) electrons. The number of anilines is 1. The second-order valence-corrected chi connectivity index (χ2v) is 5.27. The molecule has 2 heterocycles. The Bertz CT molecular complexity index is 366. The van der Waals surface area contributed by atoms with E-state index < -0.39 is 0 Å². The van der Waals surface area contributed by atoms with E-state index in [0.717, 1.165) is 50.7 Å². The van der Waals surface area contributed by atoms with Gasteiger partial charge >= 0.3 is 0 Å². The lowest BCUT2D eigenvalue weighted by Gasteiger charge is -2.31. The van der Waals surface area contributed by atoms with Crippen molar-refractivity contribution in [2.45, 2.75) is 32.1 Å². The topological polar surface area (TPSA) is 77.1 Å².